The summed E-state index contributed by atoms with van der Waals surface area (Å²) in [6.07, 6.45) is 0. The Labute approximate surface area is 98.1 Å². The Hall–Kier alpha value is -1.38. The SMILES string of the molecule is OCc1cc(-c2cccc(Cl)c2)ccc1F. The highest BCUT2D eigenvalue weighted by Gasteiger charge is 2.04. The lowest BCUT2D eigenvalue weighted by molar-refractivity contribution is 0.276. The molecule has 0 aliphatic heterocycles. The number of rotatable bonds is 2. The van der Waals surface area contributed by atoms with Crippen LogP contribution in [0.4, 0.5) is 4.39 Å². The number of hydrogen-bond acceptors (Lipinski definition) is 1. The Balaban J connectivity index is 2.48. The van der Waals surface area contributed by atoms with E-state index in [0.717, 1.165) is 11.1 Å². The van der Waals surface area contributed by atoms with Gasteiger partial charge in [-0.25, -0.2) is 4.39 Å². The van der Waals surface area contributed by atoms with Gasteiger partial charge in [-0.1, -0.05) is 29.8 Å². The summed E-state index contributed by atoms with van der Waals surface area (Å²) in [5, 5.41) is 9.61. The number of hydrogen-bond donors (Lipinski definition) is 1. The van der Waals surface area contributed by atoms with E-state index in [1.54, 1.807) is 24.3 Å². The molecule has 0 radical (unpaired) electrons. The lowest BCUT2D eigenvalue weighted by atomic mass is 10.0. The minimum absolute atomic E-state index is 0.289. The van der Waals surface area contributed by atoms with Gasteiger partial charge in [-0.2, -0.15) is 0 Å². The van der Waals surface area contributed by atoms with Gasteiger partial charge in [0, 0.05) is 10.6 Å². The van der Waals surface area contributed by atoms with Crippen LogP contribution in [0, 0.1) is 5.82 Å². The van der Waals surface area contributed by atoms with Gasteiger partial charge in [-0.3, -0.25) is 0 Å². The molecule has 0 aromatic heterocycles. The molecule has 0 saturated carbocycles. The van der Waals surface area contributed by atoms with Crippen LogP contribution in [0.1, 0.15) is 5.56 Å². The summed E-state index contributed by atoms with van der Waals surface area (Å²) in [7, 11) is 0. The Bertz CT molecular complexity index is 511. The zero-order valence-corrected chi connectivity index (χ0v) is 9.21. The van der Waals surface area contributed by atoms with Gasteiger partial charge in [-0.05, 0) is 35.4 Å². The summed E-state index contributed by atoms with van der Waals surface area (Å²) in [5.74, 6) is -0.395. The minimum atomic E-state index is -0.395. The average Bonchev–Trinajstić information content (AvgIpc) is 2.29. The average molecular weight is 237 g/mol. The monoisotopic (exact) mass is 236 g/mol. The third-order valence-electron chi connectivity index (χ3n) is 2.37. The van der Waals surface area contributed by atoms with E-state index in [9.17, 15) is 4.39 Å². The zero-order chi connectivity index (χ0) is 11.5. The van der Waals surface area contributed by atoms with E-state index in [4.69, 9.17) is 16.7 Å². The van der Waals surface area contributed by atoms with Crippen molar-refractivity contribution >= 4 is 11.6 Å². The first kappa shape index (κ1) is 11.1. The molecule has 0 bridgehead atoms. The molecule has 82 valence electrons. The van der Waals surface area contributed by atoms with Crippen LogP contribution >= 0.6 is 11.6 Å². The van der Waals surface area contributed by atoms with E-state index in [2.05, 4.69) is 0 Å². The molecule has 2 aromatic carbocycles. The van der Waals surface area contributed by atoms with Gasteiger partial charge < -0.3 is 5.11 Å². The van der Waals surface area contributed by atoms with Gasteiger partial charge in [0.25, 0.3) is 0 Å². The van der Waals surface area contributed by atoms with Crippen molar-refractivity contribution in [2.75, 3.05) is 0 Å². The van der Waals surface area contributed by atoms with E-state index in [0.29, 0.717) is 5.02 Å². The molecule has 16 heavy (non-hydrogen) atoms. The zero-order valence-electron chi connectivity index (χ0n) is 8.45. The fraction of sp³-hybridized carbons (Fsp3) is 0.0769. The summed E-state index contributed by atoms with van der Waals surface area (Å²) < 4.78 is 13.2. The van der Waals surface area contributed by atoms with Crippen LogP contribution in [0.2, 0.25) is 5.02 Å². The summed E-state index contributed by atoms with van der Waals surface area (Å²) >= 11 is 5.88. The highest BCUT2D eigenvalue weighted by Crippen LogP contribution is 2.24. The third-order valence-corrected chi connectivity index (χ3v) is 2.61. The molecule has 0 unspecified atom stereocenters. The molecular formula is C13H10ClFO. The predicted octanol–water partition coefficient (Wildman–Crippen LogP) is 3.64. The van der Waals surface area contributed by atoms with Gasteiger partial charge in [-0.15, -0.1) is 0 Å². The summed E-state index contributed by atoms with van der Waals surface area (Å²) in [6.45, 7) is -0.305. The Morgan fingerprint density at radius 2 is 1.81 bits per heavy atom. The second-order valence-corrected chi connectivity index (χ2v) is 3.91. The highest BCUT2D eigenvalue weighted by molar-refractivity contribution is 6.30. The van der Waals surface area contributed by atoms with Crippen LogP contribution in [0.3, 0.4) is 0 Å². The molecule has 0 saturated heterocycles. The van der Waals surface area contributed by atoms with E-state index in [-0.39, 0.29) is 12.2 Å². The Morgan fingerprint density at radius 1 is 1.06 bits per heavy atom. The maximum Gasteiger partial charge on any atom is 0.128 e. The van der Waals surface area contributed by atoms with Crippen molar-refractivity contribution in [1.29, 1.82) is 0 Å². The fourth-order valence-corrected chi connectivity index (χ4v) is 1.73. The normalized spacial score (nSPS) is 10.4. The van der Waals surface area contributed by atoms with Crippen molar-refractivity contribution in [1.82, 2.24) is 0 Å². The molecule has 0 heterocycles. The number of benzene rings is 2. The van der Waals surface area contributed by atoms with E-state index in [1.807, 2.05) is 12.1 Å². The first-order valence-electron chi connectivity index (χ1n) is 4.86. The van der Waals surface area contributed by atoms with Gasteiger partial charge in [0.2, 0.25) is 0 Å². The first-order chi connectivity index (χ1) is 7.70. The highest BCUT2D eigenvalue weighted by atomic mass is 35.5. The van der Waals surface area contributed by atoms with Crippen LogP contribution in [-0.2, 0) is 6.61 Å². The molecule has 1 nitrogen and oxygen atoms in total. The molecule has 3 heteroatoms. The molecule has 2 rings (SSSR count). The quantitative estimate of drug-likeness (QED) is 0.844. The molecule has 0 fully saturated rings. The Kier molecular flexibility index (Phi) is 3.22. The first-order valence-corrected chi connectivity index (χ1v) is 5.24. The lowest BCUT2D eigenvalue weighted by Crippen LogP contribution is -1.90. The van der Waals surface area contributed by atoms with Crippen LogP contribution in [-0.4, -0.2) is 5.11 Å². The molecule has 2 aromatic rings. The number of aliphatic hydroxyl groups is 1. The number of aliphatic hydroxyl groups excluding tert-OH is 1. The largest absolute Gasteiger partial charge is 0.392 e. The molecular weight excluding hydrogens is 227 g/mol. The van der Waals surface area contributed by atoms with E-state index in [1.165, 1.54) is 6.07 Å². The summed E-state index contributed by atoms with van der Waals surface area (Å²) in [4.78, 5) is 0. The molecule has 0 atom stereocenters. The second-order valence-electron chi connectivity index (χ2n) is 3.47. The molecule has 0 spiro atoms. The van der Waals surface area contributed by atoms with Crippen molar-refractivity contribution < 1.29 is 9.50 Å². The molecule has 0 aliphatic carbocycles. The summed E-state index contributed by atoms with van der Waals surface area (Å²) in [6, 6.07) is 11.9. The van der Waals surface area contributed by atoms with Crippen molar-refractivity contribution in [2.24, 2.45) is 0 Å². The van der Waals surface area contributed by atoms with Crippen molar-refractivity contribution in [3.05, 3.63) is 58.9 Å². The maximum absolute atomic E-state index is 13.2. The van der Waals surface area contributed by atoms with Crippen LogP contribution < -0.4 is 0 Å². The smallest absolute Gasteiger partial charge is 0.128 e. The maximum atomic E-state index is 13.2. The van der Waals surface area contributed by atoms with E-state index < -0.39 is 5.82 Å². The van der Waals surface area contributed by atoms with Crippen LogP contribution in [0.15, 0.2) is 42.5 Å². The Morgan fingerprint density at radius 3 is 2.50 bits per heavy atom. The second kappa shape index (κ2) is 4.64. The van der Waals surface area contributed by atoms with Crippen molar-refractivity contribution in [3.63, 3.8) is 0 Å². The predicted molar refractivity (Wildman–Crippen MR) is 62.8 cm³/mol. The minimum Gasteiger partial charge on any atom is -0.392 e. The molecule has 0 aliphatic rings. The third kappa shape index (κ3) is 2.23. The summed E-state index contributed by atoms with van der Waals surface area (Å²) in [5.41, 5.74) is 2.03. The van der Waals surface area contributed by atoms with Gasteiger partial charge in [0.05, 0.1) is 6.61 Å². The standard InChI is InChI=1S/C13H10ClFO/c14-12-3-1-2-9(7-12)10-4-5-13(15)11(6-10)8-16/h1-7,16H,8H2. The van der Waals surface area contributed by atoms with Gasteiger partial charge in [0.15, 0.2) is 0 Å². The van der Waals surface area contributed by atoms with Crippen molar-refractivity contribution in [3.8, 4) is 11.1 Å². The van der Waals surface area contributed by atoms with E-state index >= 15 is 0 Å². The van der Waals surface area contributed by atoms with Crippen molar-refractivity contribution in [2.45, 2.75) is 6.61 Å². The topological polar surface area (TPSA) is 20.2 Å². The molecule has 1 N–H and O–H groups in total. The molecule has 0 amide bonds. The fourth-order valence-electron chi connectivity index (χ4n) is 1.54. The van der Waals surface area contributed by atoms with Crippen LogP contribution in [0.5, 0.6) is 0 Å². The number of halogens is 2. The van der Waals surface area contributed by atoms with Gasteiger partial charge >= 0.3 is 0 Å². The van der Waals surface area contributed by atoms with Gasteiger partial charge in [0.1, 0.15) is 5.82 Å². The van der Waals surface area contributed by atoms with Crippen LogP contribution in [0.25, 0.3) is 11.1 Å². The lowest BCUT2D eigenvalue weighted by Gasteiger charge is -2.05.